The van der Waals surface area contributed by atoms with Crippen molar-refractivity contribution >= 4 is 44.6 Å². The quantitative estimate of drug-likeness (QED) is 0.265. The summed E-state index contributed by atoms with van der Waals surface area (Å²) < 4.78 is 9.06. The summed E-state index contributed by atoms with van der Waals surface area (Å²) in [6, 6.07) is 6.91. The number of benzene rings is 1. The third kappa shape index (κ3) is 6.05. The van der Waals surface area contributed by atoms with E-state index in [1.807, 2.05) is 6.08 Å². The van der Waals surface area contributed by atoms with E-state index in [0.717, 1.165) is 90.2 Å². The molecule has 2 aliphatic rings. The van der Waals surface area contributed by atoms with Crippen LogP contribution in [0.3, 0.4) is 0 Å². The molecule has 5 heterocycles. The van der Waals surface area contributed by atoms with Gasteiger partial charge in [0, 0.05) is 48.9 Å². The highest BCUT2D eigenvalue weighted by Gasteiger charge is 2.26. The van der Waals surface area contributed by atoms with Crippen LogP contribution in [0.5, 0.6) is 5.75 Å². The van der Waals surface area contributed by atoms with E-state index in [9.17, 15) is 9.90 Å². The van der Waals surface area contributed by atoms with Crippen LogP contribution in [0.4, 0.5) is 5.82 Å². The SMILES string of the molecule is COc1cc(C)cc2cc(-c3cn(C4CCN(C)C4)c4ncnc(N)c34)sc12.O=C/C=C/CN1CCC(O)CC1. The number of nitrogens with two attached hydrogens (primary N) is 1. The predicted molar refractivity (Wildman–Crippen MR) is 162 cm³/mol. The number of allylic oxidation sites excluding steroid dienone is 1. The molecule has 0 saturated carbocycles. The van der Waals surface area contributed by atoms with Gasteiger partial charge in [-0.2, -0.15) is 0 Å². The van der Waals surface area contributed by atoms with Crippen LogP contribution in [0.2, 0.25) is 0 Å². The molecule has 6 rings (SSSR count). The Morgan fingerprint density at radius 2 is 1.98 bits per heavy atom. The fraction of sp³-hybridized carbons (Fsp3) is 0.433. The van der Waals surface area contributed by atoms with Crippen LogP contribution in [0, 0.1) is 6.92 Å². The summed E-state index contributed by atoms with van der Waals surface area (Å²) in [5.41, 5.74) is 9.52. The van der Waals surface area contributed by atoms with Gasteiger partial charge in [0.05, 0.1) is 23.3 Å². The van der Waals surface area contributed by atoms with Gasteiger partial charge in [-0.05, 0) is 68.9 Å². The molecular formula is C30H38N6O3S. The molecule has 2 fully saturated rings. The van der Waals surface area contributed by atoms with Gasteiger partial charge < -0.3 is 25.0 Å². The predicted octanol–water partition coefficient (Wildman–Crippen LogP) is 4.29. The zero-order valence-electron chi connectivity index (χ0n) is 23.4. The molecule has 0 bridgehead atoms. The molecule has 1 unspecified atom stereocenters. The number of likely N-dealkylation sites (tertiary alicyclic amines) is 2. The fourth-order valence-corrected chi connectivity index (χ4v) is 6.78. The molecule has 0 radical (unpaired) electrons. The Labute approximate surface area is 238 Å². The van der Waals surface area contributed by atoms with Crippen LogP contribution >= 0.6 is 11.3 Å². The molecule has 0 aliphatic carbocycles. The number of nitrogen functional groups attached to an aromatic ring is 1. The highest BCUT2D eigenvalue weighted by atomic mass is 32.1. The lowest BCUT2D eigenvalue weighted by molar-refractivity contribution is -0.104. The molecule has 0 spiro atoms. The average Bonchev–Trinajstić information content (AvgIpc) is 3.67. The van der Waals surface area contributed by atoms with E-state index >= 15 is 0 Å². The maximum absolute atomic E-state index is 9.95. The molecule has 0 amide bonds. The topological polar surface area (TPSA) is 110 Å². The van der Waals surface area contributed by atoms with Crippen molar-refractivity contribution in [3.05, 3.63) is 48.4 Å². The second-order valence-electron chi connectivity index (χ2n) is 10.7. The summed E-state index contributed by atoms with van der Waals surface area (Å²) in [5.74, 6) is 1.45. The number of rotatable bonds is 6. The number of nitrogens with zero attached hydrogens (tertiary/aromatic N) is 5. The van der Waals surface area contributed by atoms with Gasteiger partial charge in [0.2, 0.25) is 0 Å². The van der Waals surface area contributed by atoms with E-state index < -0.39 is 0 Å². The van der Waals surface area contributed by atoms with E-state index in [4.69, 9.17) is 10.5 Å². The molecule has 9 nitrogen and oxygen atoms in total. The number of hydrogen-bond acceptors (Lipinski definition) is 9. The lowest BCUT2D eigenvalue weighted by Gasteiger charge is -2.28. The van der Waals surface area contributed by atoms with Crippen LogP contribution in [0.25, 0.3) is 31.6 Å². The summed E-state index contributed by atoms with van der Waals surface area (Å²) in [7, 11) is 3.89. The van der Waals surface area contributed by atoms with Crippen molar-refractivity contribution in [2.24, 2.45) is 0 Å². The molecule has 3 N–H and O–H groups in total. The molecule has 212 valence electrons. The number of carbonyl (C=O) groups is 1. The number of methoxy groups -OCH3 is 1. The van der Waals surface area contributed by atoms with Gasteiger partial charge in [0.1, 0.15) is 29.8 Å². The number of piperidine rings is 1. The molecule has 2 aliphatic heterocycles. The van der Waals surface area contributed by atoms with Gasteiger partial charge >= 0.3 is 0 Å². The van der Waals surface area contributed by atoms with E-state index in [0.29, 0.717) is 11.9 Å². The van der Waals surface area contributed by atoms with Crippen molar-refractivity contribution in [1.82, 2.24) is 24.3 Å². The lowest BCUT2D eigenvalue weighted by Crippen LogP contribution is -2.35. The first-order valence-electron chi connectivity index (χ1n) is 13.8. The number of aliphatic hydroxyl groups excluding tert-OH is 1. The first-order valence-corrected chi connectivity index (χ1v) is 14.6. The standard InChI is InChI=1S/C21H23N5OS.C9H15NO2/c1-12-6-13-8-17(28-19(13)16(7-12)27-3)15-10-26(14-4-5-25(2)9-14)21-18(15)20(22)23-11-24-21;11-8-2-1-5-10-6-3-9(12)4-7-10/h6-8,10-11,14H,4-5,9H2,1-3H3,(H2,22,23,24);1-2,8-9,12H,3-7H2/b;2-1+. The minimum absolute atomic E-state index is 0.115. The number of fused-ring (bicyclic) bond motifs is 2. The van der Waals surface area contributed by atoms with Crippen molar-refractivity contribution in [1.29, 1.82) is 0 Å². The number of carbonyl (C=O) groups excluding carboxylic acids is 1. The van der Waals surface area contributed by atoms with Crippen molar-refractivity contribution in [3.63, 3.8) is 0 Å². The highest BCUT2D eigenvalue weighted by molar-refractivity contribution is 7.22. The molecule has 40 heavy (non-hydrogen) atoms. The van der Waals surface area contributed by atoms with Crippen molar-refractivity contribution in [3.8, 4) is 16.2 Å². The highest BCUT2D eigenvalue weighted by Crippen LogP contribution is 2.43. The van der Waals surface area contributed by atoms with Crippen LogP contribution < -0.4 is 10.5 Å². The van der Waals surface area contributed by atoms with E-state index in [1.54, 1.807) is 24.8 Å². The average molecular weight is 563 g/mol. The number of aldehydes is 1. The second kappa shape index (κ2) is 12.5. The van der Waals surface area contributed by atoms with Gasteiger partial charge in [-0.25, -0.2) is 9.97 Å². The minimum Gasteiger partial charge on any atom is -0.495 e. The van der Waals surface area contributed by atoms with Crippen LogP contribution in [0.1, 0.15) is 30.9 Å². The normalized spacial score (nSPS) is 18.9. The molecular weight excluding hydrogens is 524 g/mol. The Hall–Kier alpha value is -3.31. The first-order chi connectivity index (χ1) is 19.4. The third-order valence-electron chi connectivity index (χ3n) is 7.75. The molecule has 10 heteroatoms. The van der Waals surface area contributed by atoms with Crippen molar-refractivity contribution < 1.29 is 14.6 Å². The number of aromatic nitrogens is 3. The number of hydrogen-bond donors (Lipinski definition) is 2. The maximum atomic E-state index is 9.95. The Kier molecular flexibility index (Phi) is 8.80. The molecule has 3 aromatic heterocycles. The van der Waals surface area contributed by atoms with Crippen LogP contribution in [0.15, 0.2) is 42.9 Å². The first kappa shape index (κ1) is 28.2. The largest absolute Gasteiger partial charge is 0.495 e. The summed E-state index contributed by atoms with van der Waals surface area (Å²) in [5, 5.41) is 11.3. The summed E-state index contributed by atoms with van der Waals surface area (Å²) in [6.07, 6.45) is 10.6. The lowest BCUT2D eigenvalue weighted by atomic mass is 10.1. The summed E-state index contributed by atoms with van der Waals surface area (Å²) in [6.45, 7) is 6.90. The number of likely N-dealkylation sites (N-methyl/N-ethyl adjacent to an activating group) is 1. The van der Waals surface area contributed by atoms with Crippen molar-refractivity contribution in [2.75, 3.05) is 52.6 Å². The zero-order chi connectivity index (χ0) is 28.2. The zero-order valence-corrected chi connectivity index (χ0v) is 24.2. The molecule has 1 aromatic carbocycles. The number of ether oxygens (including phenoxy) is 1. The maximum Gasteiger partial charge on any atom is 0.146 e. The van der Waals surface area contributed by atoms with Gasteiger partial charge in [0.15, 0.2) is 0 Å². The van der Waals surface area contributed by atoms with E-state index in [-0.39, 0.29) is 6.10 Å². The van der Waals surface area contributed by atoms with E-state index in [1.165, 1.54) is 17.0 Å². The second-order valence-corrected chi connectivity index (χ2v) is 11.8. The summed E-state index contributed by atoms with van der Waals surface area (Å²) >= 11 is 1.73. The minimum atomic E-state index is -0.115. The Morgan fingerprint density at radius 3 is 2.67 bits per heavy atom. The number of aliphatic hydroxyl groups is 1. The van der Waals surface area contributed by atoms with Crippen molar-refractivity contribution in [2.45, 2.75) is 38.3 Å². The fourth-order valence-electron chi connectivity index (χ4n) is 5.63. The number of thiophene rings is 1. The molecule has 2 saturated heterocycles. The Bertz CT molecular complexity index is 1500. The molecule has 4 aromatic rings. The monoisotopic (exact) mass is 562 g/mol. The van der Waals surface area contributed by atoms with Gasteiger partial charge in [0.25, 0.3) is 0 Å². The molecule has 1 atom stereocenters. The van der Waals surface area contributed by atoms with Crippen LogP contribution in [-0.4, -0.2) is 88.7 Å². The number of aryl methyl sites for hydroxylation is 1. The smallest absolute Gasteiger partial charge is 0.146 e. The van der Waals surface area contributed by atoms with Gasteiger partial charge in [-0.1, -0.05) is 12.1 Å². The van der Waals surface area contributed by atoms with Gasteiger partial charge in [-0.15, -0.1) is 11.3 Å². The number of anilines is 1. The Balaban J connectivity index is 0.000000227. The summed E-state index contributed by atoms with van der Waals surface area (Å²) in [4.78, 5) is 24.6. The van der Waals surface area contributed by atoms with E-state index in [2.05, 4.69) is 62.7 Å². The van der Waals surface area contributed by atoms with Gasteiger partial charge in [-0.3, -0.25) is 9.69 Å². The Morgan fingerprint density at radius 1 is 1.18 bits per heavy atom. The van der Waals surface area contributed by atoms with Crippen LogP contribution in [-0.2, 0) is 4.79 Å². The third-order valence-corrected chi connectivity index (χ3v) is 8.94.